The van der Waals surface area contributed by atoms with E-state index in [2.05, 4.69) is 10.6 Å². The van der Waals surface area contributed by atoms with E-state index in [4.69, 9.17) is 0 Å². The van der Waals surface area contributed by atoms with E-state index >= 15 is 0 Å². The predicted octanol–water partition coefficient (Wildman–Crippen LogP) is 1.30. The van der Waals surface area contributed by atoms with Gasteiger partial charge in [-0.05, 0) is 45.1 Å². The van der Waals surface area contributed by atoms with Crippen LogP contribution in [-0.4, -0.2) is 67.4 Å². The largest absolute Gasteiger partial charge is 0.340 e. The number of amides is 2. The van der Waals surface area contributed by atoms with Gasteiger partial charge in [0.15, 0.2) is 0 Å². The van der Waals surface area contributed by atoms with Crippen molar-refractivity contribution in [2.75, 3.05) is 45.1 Å². The van der Waals surface area contributed by atoms with Crippen LogP contribution in [0.4, 0.5) is 10.1 Å². The van der Waals surface area contributed by atoms with Crippen molar-refractivity contribution in [3.05, 3.63) is 30.1 Å². The highest BCUT2D eigenvalue weighted by Crippen LogP contribution is 2.13. The molecule has 1 atom stereocenters. The first-order valence-electron chi connectivity index (χ1n) is 8.74. The number of carbonyl (C=O) groups excluding carboxylic acids is 2. The maximum atomic E-state index is 13.2. The Morgan fingerprint density at radius 3 is 2.60 bits per heavy atom. The van der Waals surface area contributed by atoms with E-state index in [0.717, 1.165) is 13.0 Å². The molecule has 25 heavy (non-hydrogen) atoms. The van der Waals surface area contributed by atoms with Gasteiger partial charge < -0.3 is 15.5 Å². The minimum atomic E-state index is -0.379. The Bertz CT molecular complexity index is 588. The summed E-state index contributed by atoms with van der Waals surface area (Å²) >= 11 is 0. The Morgan fingerprint density at radius 2 is 1.96 bits per heavy atom. The lowest BCUT2D eigenvalue weighted by Crippen LogP contribution is -2.54. The van der Waals surface area contributed by atoms with Crippen molar-refractivity contribution in [1.29, 1.82) is 0 Å². The fraction of sp³-hybridized carbons (Fsp3) is 0.556. The Balaban J connectivity index is 1.79. The number of hydrogen-bond acceptors (Lipinski definition) is 4. The maximum absolute atomic E-state index is 13.2. The first kappa shape index (κ1) is 19.3. The lowest BCUT2D eigenvalue weighted by molar-refractivity contribution is -0.133. The lowest BCUT2D eigenvalue weighted by atomic mass is 10.2. The van der Waals surface area contributed by atoms with Crippen molar-refractivity contribution >= 4 is 17.5 Å². The summed E-state index contributed by atoms with van der Waals surface area (Å²) in [6.45, 7) is 5.26. The summed E-state index contributed by atoms with van der Waals surface area (Å²) < 4.78 is 13.2. The standard InChI is InChI=1S/C18H27FN4O2/c1-14(18(25)21-16-6-3-5-15(19)13-16)22-9-11-23(12-10-22)17(24)7-4-8-20-2/h3,5-6,13-14,20H,4,7-12H2,1-2H3,(H,21,25). The van der Waals surface area contributed by atoms with Gasteiger partial charge in [-0.25, -0.2) is 4.39 Å². The third-order valence-electron chi connectivity index (χ3n) is 4.50. The highest BCUT2D eigenvalue weighted by molar-refractivity contribution is 5.94. The summed E-state index contributed by atoms with van der Waals surface area (Å²) in [6, 6.07) is 5.53. The van der Waals surface area contributed by atoms with Crippen LogP contribution in [-0.2, 0) is 9.59 Å². The average Bonchev–Trinajstić information content (AvgIpc) is 2.61. The highest BCUT2D eigenvalue weighted by Gasteiger charge is 2.27. The molecule has 1 aromatic rings. The van der Waals surface area contributed by atoms with Crippen molar-refractivity contribution in [3.8, 4) is 0 Å². The first-order chi connectivity index (χ1) is 12.0. The van der Waals surface area contributed by atoms with Gasteiger partial charge in [0.1, 0.15) is 5.82 Å². The normalized spacial score (nSPS) is 16.5. The van der Waals surface area contributed by atoms with Crippen LogP contribution in [0.15, 0.2) is 24.3 Å². The fourth-order valence-electron chi connectivity index (χ4n) is 2.91. The summed E-state index contributed by atoms with van der Waals surface area (Å²) in [6.07, 6.45) is 1.39. The number of benzene rings is 1. The molecule has 0 aliphatic carbocycles. The van der Waals surface area contributed by atoms with Crippen LogP contribution in [0.1, 0.15) is 19.8 Å². The topological polar surface area (TPSA) is 64.7 Å². The van der Waals surface area contributed by atoms with E-state index in [-0.39, 0.29) is 23.7 Å². The second kappa shape index (κ2) is 9.48. The Labute approximate surface area is 148 Å². The second-order valence-corrected chi connectivity index (χ2v) is 6.30. The number of carbonyl (C=O) groups is 2. The monoisotopic (exact) mass is 350 g/mol. The van der Waals surface area contributed by atoms with E-state index < -0.39 is 0 Å². The van der Waals surface area contributed by atoms with Gasteiger partial charge in [0.25, 0.3) is 0 Å². The second-order valence-electron chi connectivity index (χ2n) is 6.30. The molecular formula is C18H27FN4O2. The van der Waals surface area contributed by atoms with Gasteiger partial charge in [0.05, 0.1) is 6.04 Å². The van der Waals surface area contributed by atoms with Crippen LogP contribution in [0.2, 0.25) is 0 Å². The number of halogens is 1. The number of nitrogens with zero attached hydrogens (tertiary/aromatic N) is 2. The summed E-state index contributed by atoms with van der Waals surface area (Å²) in [7, 11) is 1.87. The summed E-state index contributed by atoms with van der Waals surface area (Å²) in [5.74, 6) is -0.373. The lowest BCUT2D eigenvalue weighted by Gasteiger charge is -2.37. The number of anilines is 1. The Hall–Kier alpha value is -1.99. The number of hydrogen-bond donors (Lipinski definition) is 2. The summed E-state index contributed by atoms with van der Waals surface area (Å²) in [5.41, 5.74) is 0.454. The Morgan fingerprint density at radius 1 is 1.24 bits per heavy atom. The summed E-state index contributed by atoms with van der Waals surface area (Å²) in [5, 5.41) is 5.78. The molecule has 1 aliphatic rings. The van der Waals surface area contributed by atoms with Crippen LogP contribution in [0.25, 0.3) is 0 Å². The van der Waals surface area contributed by atoms with Crippen molar-refractivity contribution in [3.63, 3.8) is 0 Å². The molecule has 0 saturated carbocycles. The van der Waals surface area contributed by atoms with Crippen LogP contribution in [0, 0.1) is 5.82 Å². The number of rotatable bonds is 7. The zero-order valence-electron chi connectivity index (χ0n) is 14.9. The van der Waals surface area contributed by atoms with Crippen LogP contribution >= 0.6 is 0 Å². The van der Waals surface area contributed by atoms with E-state index in [1.807, 2.05) is 23.8 Å². The smallest absolute Gasteiger partial charge is 0.241 e. The van der Waals surface area contributed by atoms with Gasteiger partial charge in [-0.3, -0.25) is 14.5 Å². The molecule has 1 unspecified atom stereocenters. The van der Waals surface area contributed by atoms with Gasteiger partial charge in [0.2, 0.25) is 11.8 Å². The van der Waals surface area contributed by atoms with Crippen molar-refractivity contribution in [2.45, 2.75) is 25.8 Å². The Kier molecular flexibility index (Phi) is 7.33. The zero-order chi connectivity index (χ0) is 18.2. The third kappa shape index (κ3) is 5.79. The maximum Gasteiger partial charge on any atom is 0.241 e. The molecule has 1 aromatic carbocycles. The fourth-order valence-corrected chi connectivity index (χ4v) is 2.91. The molecule has 2 rings (SSSR count). The van der Waals surface area contributed by atoms with E-state index in [1.54, 1.807) is 12.1 Å². The SMILES string of the molecule is CNCCCC(=O)N1CCN(C(C)C(=O)Nc2cccc(F)c2)CC1. The number of nitrogens with one attached hydrogen (secondary N) is 2. The quantitative estimate of drug-likeness (QED) is 0.728. The van der Waals surface area contributed by atoms with Gasteiger partial charge in [-0.1, -0.05) is 6.07 Å². The van der Waals surface area contributed by atoms with Crippen molar-refractivity contribution in [1.82, 2.24) is 15.1 Å². The molecule has 6 nitrogen and oxygen atoms in total. The molecule has 0 radical (unpaired) electrons. The number of piperazine rings is 1. The minimum absolute atomic E-state index is 0.167. The summed E-state index contributed by atoms with van der Waals surface area (Å²) in [4.78, 5) is 28.4. The minimum Gasteiger partial charge on any atom is -0.340 e. The molecule has 1 aliphatic heterocycles. The van der Waals surface area contributed by atoms with Crippen LogP contribution in [0.3, 0.4) is 0 Å². The molecule has 0 aromatic heterocycles. The molecule has 1 saturated heterocycles. The molecule has 1 heterocycles. The highest BCUT2D eigenvalue weighted by atomic mass is 19.1. The van der Waals surface area contributed by atoms with Crippen molar-refractivity contribution in [2.24, 2.45) is 0 Å². The van der Waals surface area contributed by atoms with Gasteiger partial charge in [0, 0.05) is 38.3 Å². The zero-order valence-corrected chi connectivity index (χ0v) is 14.9. The van der Waals surface area contributed by atoms with Crippen LogP contribution < -0.4 is 10.6 Å². The van der Waals surface area contributed by atoms with E-state index in [1.165, 1.54) is 12.1 Å². The van der Waals surface area contributed by atoms with Crippen LogP contribution in [0.5, 0.6) is 0 Å². The average molecular weight is 350 g/mol. The predicted molar refractivity (Wildman–Crippen MR) is 95.8 cm³/mol. The van der Waals surface area contributed by atoms with Gasteiger partial charge in [-0.15, -0.1) is 0 Å². The van der Waals surface area contributed by atoms with E-state index in [9.17, 15) is 14.0 Å². The molecule has 7 heteroatoms. The molecule has 2 amide bonds. The van der Waals surface area contributed by atoms with Gasteiger partial charge in [-0.2, -0.15) is 0 Å². The molecule has 0 spiro atoms. The molecular weight excluding hydrogens is 323 g/mol. The molecule has 0 bridgehead atoms. The van der Waals surface area contributed by atoms with Gasteiger partial charge >= 0.3 is 0 Å². The first-order valence-corrected chi connectivity index (χ1v) is 8.74. The third-order valence-corrected chi connectivity index (χ3v) is 4.50. The van der Waals surface area contributed by atoms with E-state index in [0.29, 0.717) is 38.3 Å². The molecule has 2 N–H and O–H groups in total. The molecule has 1 fully saturated rings. The van der Waals surface area contributed by atoms with Crippen molar-refractivity contribution < 1.29 is 14.0 Å². The molecule has 138 valence electrons.